The summed E-state index contributed by atoms with van der Waals surface area (Å²) < 4.78 is 47.0. The summed E-state index contributed by atoms with van der Waals surface area (Å²) in [5.74, 6) is -1.54. The molecular formula is C27H27FN4O5S2. The Labute approximate surface area is 228 Å². The Kier molecular flexibility index (Phi) is 7.87. The maximum Gasteiger partial charge on any atom is 0.245 e. The zero-order valence-electron chi connectivity index (χ0n) is 21.1. The van der Waals surface area contributed by atoms with Crippen molar-refractivity contribution < 1.29 is 27.1 Å². The Hall–Kier alpha value is -3.48. The number of rotatable bonds is 12. The molecule has 1 atom stereocenters. The number of fused-ring (bicyclic) bond motifs is 1. The molecule has 1 unspecified atom stereocenters. The number of sulfone groups is 1. The van der Waals surface area contributed by atoms with E-state index in [1.165, 1.54) is 13.2 Å². The summed E-state index contributed by atoms with van der Waals surface area (Å²) in [6.07, 6.45) is 3.98. The first kappa shape index (κ1) is 27.1. The van der Waals surface area contributed by atoms with Gasteiger partial charge in [-0.1, -0.05) is 18.2 Å². The smallest absolute Gasteiger partial charge is 0.245 e. The highest BCUT2D eigenvalue weighted by molar-refractivity contribution is 7.92. The number of hydrogen-bond acceptors (Lipinski definition) is 8. The van der Waals surface area contributed by atoms with E-state index < -0.39 is 32.6 Å². The molecule has 0 spiro atoms. The van der Waals surface area contributed by atoms with Crippen LogP contribution in [0.4, 0.5) is 4.39 Å². The van der Waals surface area contributed by atoms with Crippen LogP contribution in [0.5, 0.6) is 0 Å². The minimum absolute atomic E-state index is 0.0102. The summed E-state index contributed by atoms with van der Waals surface area (Å²) in [6, 6.07) is 11.9. The van der Waals surface area contributed by atoms with Crippen molar-refractivity contribution in [2.45, 2.75) is 24.5 Å². The number of nitrogens with one attached hydrogen (secondary N) is 2. The van der Waals surface area contributed by atoms with Gasteiger partial charge in [-0.3, -0.25) is 14.7 Å². The van der Waals surface area contributed by atoms with Gasteiger partial charge in [0, 0.05) is 30.9 Å². The molecule has 9 nitrogen and oxygen atoms in total. The molecule has 0 bridgehead atoms. The highest BCUT2D eigenvalue weighted by Gasteiger charge is 2.37. The van der Waals surface area contributed by atoms with Crippen molar-refractivity contribution in [1.82, 2.24) is 20.5 Å². The van der Waals surface area contributed by atoms with E-state index in [1.807, 2.05) is 12.1 Å². The molecule has 2 N–H and O–H groups in total. The molecule has 1 aliphatic rings. The fourth-order valence-corrected chi connectivity index (χ4v) is 7.26. The van der Waals surface area contributed by atoms with Crippen molar-refractivity contribution in [3.05, 3.63) is 59.5 Å². The van der Waals surface area contributed by atoms with Crippen molar-refractivity contribution in [2.24, 2.45) is 5.92 Å². The number of ketones is 1. The average molecular weight is 571 g/mol. The molecule has 4 aromatic rings. The third-order valence-electron chi connectivity index (χ3n) is 6.55. The van der Waals surface area contributed by atoms with Crippen LogP contribution >= 0.6 is 11.3 Å². The molecule has 1 saturated carbocycles. The summed E-state index contributed by atoms with van der Waals surface area (Å²) in [4.78, 5) is 29.8. The third kappa shape index (κ3) is 6.23. The zero-order valence-corrected chi connectivity index (χ0v) is 22.8. The number of H-pyrrole nitrogens is 1. The number of carbonyl (C=O) groups is 2. The monoisotopic (exact) mass is 570 g/mol. The third-order valence-corrected chi connectivity index (χ3v) is 9.67. The van der Waals surface area contributed by atoms with E-state index in [4.69, 9.17) is 4.74 Å². The molecule has 204 valence electrons. The lowest BCUT2D eigenvalue weighted by Gasteiger charge is -2.15. The van der Waals surface area contributed by atoms with E-state index in [0.29, 0.717) is 28.1 Å². The maximum absolute atomic E-state index is 15.3. The first-order chi connectivity index (χ1) is 18.7. The molecule has 0 saturated heterocycles. The predicted octanol–water partition coefficient (Wildman–Crippen LogP) is 4.08. The summed E-state index contributed by atoms with van der Waals surface area (Å²) in [7, 11) is -2.68. The largest absolute Gasteiger partial charge is 0.384 e. The Bertz CT molecular complexity index is 1610. The first-order valence-corrected chi connectivity index (χ1v) is 15.0. The number of Topliss-reactive ketones (excluding diaryl/α,β-unsaturated/α-hetero) is 1. The number of carbonyl (C=O) groups excluding carboxylic acids is 2. The van der Waals surface area contributed by atoms with Crippen LogP contribution in [0.2, 0.25) is 0 Å². The number of methoxy groups -OCH3 is 1. The van der Waals surface area contributed by atoms with Crippen molar-refractivity contribution in [3.63, 3.8) is 0 Å². The number of amides is 1. The second-order valence-corrected chi connectivity index (χ2v) is 12.8. The summed E-state index contributed by atoms with van der Waals surface area (Å²) >= 11 is 0.938. The summed E-state index contributed by atoms with van der Waals surface area (Å²) in [6.45, 7) is -0.356. The topological polar surface area (TPSA) is 131 Å². The van der Waals surface area contributed by atoms with Gasteiger partial charge in [0.2, 0.25) is 5.91 Å². The van der Waals surface area contributed by atoms with E-state index in [9.17, 15) is 18.0 Å². The average Bonchev–Trinajstić information content (AvgIpc) is 3.37. The second-order valence-electron chi connectivity index (χ2n) is 9.55. The lowest BCUT2D eigenvalue weighted by Crippen LogP contribution is -2.38. The van der Waals surface area contributed by atoms with Crippen LogP contribution in [-0.2, 0) is 24.2 Å². The van der Waals surface area contributed by atoms with Crippen molar-refractivity contribution >= 4 is 43.1 Å². The van der Waals surface area contributed by atoms with E-state index in [-0.39, 0.29) is 29.5 Å². The van der Waals surface area contributed by atoms with Crippen LogP contribution in [-0.4, -0.2) is 61.3 Å². The Morgan fingerprint density at radius 3 is 2.72 bits per heavy atom. The molecule has 0 aliphatic heterocycles. The van der Waals surface area contributed by atoms with Crippen LogP contribution in [0.25, 0.3) is 32.6 Å². The molecule has 1 amide bonds. The number of benzene rings is 2. The molecule has 2 heterocycles. The molecular weight excluding hydrogens is 543 g/mol. The molecule has 1 fully saturated rings. The second kappa shape index (κ2) is 11.3. The van der Waals surface area contributed by atoms with E-state index in [1.54, 1.807) is 30.5 Å². The highest BCUT2D eigenvalue weighted by atomic mass is 32.2. The van der Waals surface area contributed by atoms with Gasteiger partial charge in [0.25, 0.3) is 0 Å². The zero-order chi connectivity index (χ0) is 27.6. The van der Waals surface area contributed by atoms with E-state index in [2.05, 4.69) is 20.5 Å². The van der Waals surface area contributed by atoms with Gasteiger partial charge in [-0.05, 0) is 48.6 Å². The number of hydrogen-bond donors (Lipinski definition) is 2. The van der Waals surface area contributed by atoms with Gasteiger partial charge >= 0.3 is 0 Å². The molecule has 5 rings (SSSR count). The Balaban J connectivity index is 1.47. The normalized spacial score (nSPS) is 14.4. The number of aromatic amines is 1. The Morgan fingerprint density at radius 1 is 1.21 bits per heavy atom. The molecule has 0 radical (unpaired) electrons. The van der Waals surface area contributed by atoms with Crippen LogP contribution in [0.1, 0.15) is 29.5 Å². The fourth-order valence-electron chi connectivity index (χ4n) is 4.31. The number of aromatic nitrogens is 3. The molecule has 12 heteroatoms. The van der Waals surface area contributed by atoms with Gasteiger partial charge in [-0.25, -0.2) is 17.8 Å². The molecule has 1 aliphatic carbocycles. The standard InChI is InChI=1S/C27H27FN4O5S2/c1-37-9-10-39(35,36)25(26(34)29-15-19(33)11-16-5-6-16)27-31-23-13-20(21(28)14-24(23)38-27)17-3-2-4-18(12-17)22-7-8-30-32-22/h2-4,7-8,12-14,16,25H,5-6,9-11,15H2,1H3,(H,29,34)(H,30,32). The predicted molar refractivity (Wildman–Crippen MR) is 146 cm³/mol. The summed E-state index contributed by atoms with van der Waals surface area (Å²) in [5.41, 5.74) is 2.85. The SMILES string of the molecule is COCCS(=O)(=O)C(C(=O)NCC(=O)CC1CC1)c1nc2cc(-c3cccc(-c4ccn[nH]4)c3)c(F)cc2s1. The van der Waals surface area contributed by atoms with Crippen LogP contribution in [0, 0.1) is 11.7 Å². The lowest BCUT2D eigenvalue weighted by atomic mass is 10.0. The Morgan fingerprint density at radius 2 is 2.00 bits per heavy atom. The minimum Gasteiger partial charge on any atom is -0.384 e. The van der Waals surface area contributed by atoms with Gasteiger partial charge in [0.1, 0.15) is 10.8 Å². The van der Waals surface area contributed by atoms with Crippen LogP contribution in [0.3, 0.4) is 0 Å². The van der Waals surface area contributed by atoms with E-state index >= 15 is 4.39 Å². The maximum atomic E-state index is 15.3. The number of ether oxygens (including phenoxy) is 1. The number of halogens is 1. The van der Waals surface area contributed by atoms with E-state index in [0.717, 1.165) is 35.4 Å². The fraction of sp³-hybridized carbons (Fsp3) is 0.333. The van der Waals surface area contributed by atoms with Crippen LogP contribution < -0.4 is 5.32 Å². The molecule has 2 aromatic carbocycles. The van der Waals surface area contributed by atoms with Gasteiger partial charge in [0.05, 0.1) is 34.8 Å². The molecule has 2 aromatic heterocycles. The van der Waals surface area contributed by atoms with Gasteiger partial charge in [-0.15, -0.1) is 11.3 Å². The number of thiazole rings is 1. The lowest BCUT2D eigenvalue weighted by molar-refractivity contribution is -0.125. The summed E-state index contributed by atoms with van der Waals surface area (Å²) in [5, 5.41) is 7.69. The number of nitrogens with zero attached hydrogens (tertiary/aromatic N) is 2. The van der Waals surface area contributed by atoms with Crippen LogP contribution in [0.15, 0.2) is 48.7 Å². The quantitative estimate of drug-likeness (QED) is 0.262. The van der Waals surface area contributed by atoms with Gasteiger partial charge in [0.15, 0.2) is 20.9 Å². The van der Waals surface area contributed by atoms with Crippen molar-refractivity contribution in [3.8, 4) is 22.4 Å². The van der Waals surface area contributed by atoms with Gasteiger partial charge < -0.3 is 10.1 Å². The molecule has 39 heavy (non-hydrogen) atoms. The minimum atomic E-state index is -4.05. The van der Waals surface area contributed by atoms with Crippen molar-refractivity contribution in [2.75, 3.05) is 26.0 Å². The van der Waals surface area contributed by atoms with Crippen molar-refractivity contribution in [1.29, 1.82) is 0 Å². The highest BCUT2D eigenvalue weighted by Crippen LogP contribution is 2.36. The first-order valence-electron chi connectivity index (χ1n) is 12.4. The van der Waals surface area contributed by atoms with Gasteiger partial charge in [-0.2, -0.15) is 5.10 Å².